The van der Waals surface area contributed by atoms with E-state index in [0.29, 0.717) is 0 Å². The van der Waals surface area contributed by atoms with E-state index in [4.69, 9.17) is 10.2 Å². The van der Waals surface area contributed by atoms with Gasteiger partial charge < -0.3 is 15.5 Å². The second kappa shape index (κ2) is 2.75. The quantitative estimate of drug-likeness (QED) is 0.337. The molecule has 0 unspecified atom stereocenters. The lowest BCUT2D eigenvalue weighted by Crippen LogP contribution is -2.40. The predicted molar refractivity (Wildman–Crippen MR) is 48.2 cm³/mol. The fourth-order valence-electron chi connectivity index (χ4n) is 1.38. The predicted octanol–water partition coefficient (Wildman–Crippen LogP) is -0.159. The fraction of sp³-hybridized carbons (Fsp3) is 0.125. The van der Waals surface area contributed by atoms with Crippen LogP contribution < -0.4 is 5.32 Å². The molecule has 0 radical (unpaired) electrons. The first-order valence-electron chi connectivity index (χ1n) is 3.98. The Morgan fingerprint density at radius 2 is 2.07 bits per heavy atom. The van der Waals surface area contributed by atoms with Gasteiger partial charge in [0.15, 0.2) is 0 Å². The summed E-state index contributed by atoms with van der Waals surface area (Å²) in [4.78, 5) is 21.1. The summed E-state index contributed by atoms with van der Waals surface area (Å²) in [6.07, 6.45) is 0. The number of fused-ring (bicyclic) bond motifs is 1. The topological polar surface area (TPSA) is 113 Å². The molecule has 1 aliphatic rings. The maximum atomic E-state index is 11.3. The van der Waals surface area contributed by atoms with E-state index < -0.39 is 16.6 Å². The van der Waals surface area contributed by atoms with Crippen LogP contribution in [0.3, 0.4) is 0 Å². The number of nitrogens with one attached hydrogen (secondary N) is 1. The number of nitro benzene ring substituents is 1. The molecule has 0 spiro atoms. The number of nitrogens with zero attached hydrogens (tertiary/aromatic N) is 1. The van der Waals surface area contributed by atoms with Crippen LogP contribution >= 0.6 is 0 Å². The van der Waals surface area contributed by atoms with Crippen molar-refractivity contribution in [3.63, 3.8) is 0 Å². The Balaban J connectivity index is 2.54. The van der Waals surface area contributed by atoms with E-state index >= 15 is 0 Å². The maximum absolute atomic E-state index is 11.3. The van der Waals surface area contributed by atoms with Crippen LogP contribution in [0.4, 0.5) is 11.4 Å². The molecule has 15 heavy (non-hydrogen) atoms. The molecule has 0 saturated heterocycles. The van der Waals surface area contributed by atoms with Gasteiger partial charge in [-0.05, 0) is 6.07 Å². The van der Waals surface area contributed by atoms with Crippen molar-refractivity contribution in [1.29, 1.82) is 0 Å². The molecule has 0 fully saturated rings. The molecule has 0 atom stereocenters. The smallest absolute Gasteiger partial charge is 0.312 e. The number of carbonyl (C=O) groups excluding carboxylic acids is 1. The number of aliphatic hydroxyl groups is 2. The third kappa shape index (κ3) is 1.34. The zero-order chi connectivity index (χ0) is 11.2. The maximum Gasteiger partial charge on any atom is 0.312 e. The lowest BCUT2D eigenvalue weighted by atomic mass is 10.1. The van der Waals surface area contributed by atoms with Crippen molar-refractivity contribution in [3.8, 4) is 0 Å². The summed E-state index contributed by atoms with van der Waals surface area (Å²) in [7, 11) is 0. The highest BCUT2D eigenvalue weighted by Gasteiger charge is 2.42. The number of non-ortho nitro benzene ring substituents is 1. The van der Waals surface area contributed by atoms with Crippen LogP contribution in [0.25, 0.3) is 0 Å². The lowest BCUT2D eigenvalue weighted by molar-refractivity contribution is -0.384. The Labute approximate surface area is 83.1 Å². The molecule has 0 amide bonds. The molecule has 3 N–H and O–H groups in total. The summed E-state index contributed by atoms with van der Waals surface area (Å²) in [5.41, 5.74) is -0.216. The molecule has 78 valence electrons. The van der Waals surface area contributed by atoms with Crippen molar-refractivity contribution in [2.24, 2.45) is 0 Å². The number of nitro groups is 1. The Morgan fingerprint density at radius 3 is 2.67 bits per heavy atom. The van der Waals surface area contributed by atoms with Gasteiger partial charge in [-0.25, -0.2) is 0 Å². The summed E-state index contributed by atoms with van der Waals surface area (Å²) < 4.78 is 0. The third-order valence-electron chi connectivity index (χ3n) is 2.08. The van der Waals surface area contributed by atoms with Crippen LogP contribution in [-0.4, -0.2) is 26.8 Å². The molecule has 7 heteroatoms. The van der Waals surface area contributed by atoms with E-state index in [0.717, 1.165) is 6.07 Å². The first kappa shape index (κ1) is 9.56. The molecule has 0 saturated carbocycles. The highest BCUT2D eigenvalue weighted by atomic mass is 16.6. The number of benzene rings is 1. The first-order chi connectivity index (χ1) is 6.92. The average Bonchev–Trinajstić information content (AvgIpc) is 2.37. The third-order valence-corrected chi connectivity index (χ3v) is 2.08. The van der Waals surface area contributed by atoms with Crippen LogP contribution in [0.5, 0.6) is 0 Å². The molecule has 0 bridgehead atoms. The van der Waals surface area contributed by atoms with Crippen molar-refractivity contribution in [1.82, 2.24) is 0 Å². The summed E-state index contributed by atoms with van der Waals surface area (Å²) in [5.74, 6) is -3.67. The largest absolute Gasteiger partial charge is 0.343 e. The van der Waals surface area contributed by atoms with Crippen molar-refractivity contribution in [3.05, 3.63) is 33.9 Å². The summed E-state index contributed by atoms with van der Waals surface area (Å²) in [5, 5.41) is 30.8. The summed E-state index contributed by atoms with van der Waals surface area (Å²) >= 11 is 0. The van der Waals surface area contributed by atoms with Gasteiger partial charge in [0.1, 0.15) is 0 Å². The van der Waals surface area contributed by atoms with Gasteiger partial charge in [-0.1, -0.05) is 0 Å². The Kier molecular flexibility index (Phi) is 1.75. The minimum Gasteiger partial charge on any atom is -0.343 e. The van der Waals surface area contributed by atoms with Gasteiger partial charge in [-0.3, -0.25) is 14.9 Å². The fourth-order valence-corrected chi connectivity index (χ4v) is 1.38. The Bertz CT molecular complexity index is 468. The zero-order valence-electron chi connectivity index (χ0n) is 7.30. The lowest BCUT2D eigenvalue weighted by Gasteiger charge is -2.12. The van der Waals surface area contributed by atoms with Gasteiger partial charge in [0, 0.05) is 12.1 Å². The molecule has 0 aliphatic carbocycles. The Hall–Kier alpha value is -1.99. The molecule has 1 aromatic carbocycles. The van der Waals surface area contributed by atoms with E-state index in [1.54, 1.807) is 0 Å². The number of carbonyl (C=O) groups is 1. The van der Waals surface area contributed by atoms with E-state index in [1.165, 1.54) is 12.1 Å². The van der Waals surface area contributed by atoms with E-state index in [2.05, 4.69) is 5.32 Å². The minimum atomic E-state index is -2.67. The highest BCUT2D eigenvalue weighted by molar-refractivity contribution is 6.11. The number of ketones is 1. The molecular formula is C8H6N2O5. The molecule has 7 nitrogen and oxygen atoms in total. The van der Waals surface area contributed by atoms with Crippen LogP contribution in [0.15, 0.2) is 18.2 Å². The van der Waals surface area contributed by atoms with Gasteiger partial charge in [0.2, 0.25) is 5.78 Å². The Morgan fingerprint density at radius 1 is 1.40 bits per heavy atom. The highest BCUT2D eigenvalue weighted by Crippen LogP contribution is 2.32. The van der Waals surface area contributed by atoms with Crippen molar-refractivity contribution in [2.45, 2.75) is 5.91 Å². The molecule has 1 heterocycles. The van der Waals surface area contributed by atoms with Gasteiger partial charge >= 0.3 is 5.91 Å². The van der Waals surface area contributed by atoms with E-state index in [-0.39, 0.29) is 16.9 Å². The monoisotopic (exact) mass is 210 g/mol. The van der Waals surface area contributed by atoms with Gasteiger partial charge in [0.25, 0.3) is 5.69 Å². The summed E-state index contributed by atoms with van der Waals surface area (Å²) in [6, 6.07) is 3.42. The second-order valence-corrected chi connectivity index (χ2v) is 3.11. The van der Waals surface area contributed by atoms with Crippen LogP contribution in [0, 0.1) is 10.1 Å². The van der Waals surface area contributed by atoms with Crippen molar-refractivity contribution < 1.29 is 19.9 Å². The van der Waals surface area contributed by atoms with E-state index in [1.807, 2.05) is 0 Å². The number of Topliss-reactive ketones (excluding diaryl/α,β-unsaturated/α-hetero) is 1. The van der Waals surface area contributed by atoms with Crippen LogP contribution in [-0.2, 0) is 0 Å². The number of rotatable bonds is 1. The number of hydrogen-bond donors (Lipinski definition) is 3. The first-order valence-corrected chi connectivity index (χ1v) is 3.98. The van der Waals surface area contributed by atoms with Crippen LogP contribution in [0.2, 0.25) is 0 Å². The standard InChI is InChI=1S/C8H6N2O5/c11-7-5-3-4(10(14)15)1-2-6(5)9-8(7,12)13/h1-3,9,12-13H. The second-order valence-electron chi connectivity index (χ2n) is 3.11. The van der Waals surface area contributed by atoms with Crippen molar-refractivity contribution in [2.75, 3.05) is 5.32 Å². The van der Waals surface area contributed by atoms with Gasteiger partial charge in [-0.15, -0.1) is 0 Å². The zero-order valence-corrected chi connectivity index (χ0v) is 7.30. The minimum absolute atomic E-state index is 0.103. The van der Waals surface area contributed by atoms with Gasteiger partial charge in [-0.2, -0.15) is 0 Å². The SMILES string of the molecule is O=C1c2cc([N+](=O)[O-])ccc2NC1(O)O. The molecule has 1 aromatic rings. The summed E-state index contributed by atoms with van der Waals surface area (Å²) in [6.45, 7) is 0. The van der Waals surface area contributed by atoms with Gasteiger partial charge in [0.05, 0.1) is 16.2 Å². The molecule has 2 rings (SSSR count). The molecule has 1 aliphatic heterocycles. The number of hydrogen-bond acceptors (Lipinski definition) is 6. The van der Waals surface area contributed by atoms with Crippen LogP contribution in [0.1, 0.15) is 10.4 Å². The molecule has 0 aromatic heterocycles. The van der Waals surface area contributed by atoms with Crippen molar-refractivity contribution >= 4 is 17.2 Å². The normalized spacial score (nSPS) is 17.1. The van der Waals surface area contributed by atoms with E-state index in [9.17, 15) is 14.9 Å². The molecular weight excluding hydrogens is 204 g/mol. The number of anilines is 1. The average molecular weight is 210 g/mol.